The maximum Gasteiger partial charge on any atom is 0.257 e. The Hall–Kier alpha value is -2.83. The van der Waals surface area contributed by atoms with Gasteiger partial charge in [-0.15, -0.1) is 10.2 Å². The van der Waals surface area contributed by atoms with E-state index in [4.69, 9.17) is 9.47 Å². The molecule has 0 aliphatic rings. The van der Waals surface area contributed by atoms with Crippen LogP contribution in [0.25, 0.3) is 0 Å². The fourth-order valence-electron chi connectivity index (χ4n) is 1.90. The molecule has 0 spiro atoms. The highest BCUT2D eigenvalue weighted by Crippen LogP contribution is 2.23. The molecule has 0 fully saturated rings. The van der Waals surface area contributed by atoms with Crippen LogP contribution in [0.1, 0.15) is 24.2 Å². The van der Waals surface area contributed by atoms with Gasteiger partial charge in [0.05, 0.1) is 14.2 Å². The van der Waals surface area contributed by atoms with Crippen molar-refractivity contribution in [3.8, 4) is 11.5 Å². The van der Waals surface area contributed by atoms with Crippen LogP contribution in [0.15, 0.2) is 30.3 Å². The van der Waals surface area contributed by atoms with Gasteiger partial charge in [0.1, 0.15) is 17.3 Å². The van der Waals surface area contributed by atoms with Crippen LogP contribution >= 0.6 is 0 Å². The molecule has 0 bridgehead atoms. The number of aromatic nitrogens is 2. The molecule has 122 valence electrons. The lowest BCUT2D eigenvalue weighted by Crippen LogP contribution is -2.15. The Morgan fingerprint density at radius 2 is 1.57 bits per heavy atom. The number of rotatable bonds is 6. The molecule has 1 heterocycles. The summed E-state index contributed by atoms with van der Waals surface area (Å²) in [5.74, 6) is 1.78. The molecule has 23 heavy (non-hydrogen) atoms. The number of anilines is 2. The average Bonchev–Trinajstić information content (AvgIpc) is 2.55. The zero-order valence-electron chi connectivity index (χ0n) is 13.6. The normalized spacial score (nSPS) is 10.3. The van der Waals surface area contributed by atoms with Gasteiger partial charge in [-0.1, -0.05) is 0 Å². The monoisotopic (exact) mass is 316 g/mol. The van der Waals surface area contributed by atoms with E-state index < -0.39 is 0 Å². The first-order chi connectivity index (χ1) is 11.0. The minimum Gasteiger partial charge on any atom is -0.497 e. The largest absolute Gasteiger partial charge is 0.497 e. The second-order valence-corrected chi connectivity index (χ2v) is 5.16. The lowest BCUT2D eigenvalue weighted by molar-refractivity contribution is 0.102. The van der Waals surface area contributed by atoms with E-state index in [1.807, 2.05) is 13.8 Å². The number of amides is 1. The fraction of sp³-hybridized carbons (Fsp3) is 0.312. The van der Waals surface area contributed by atoms with Crippen LogP contribution in [0.3, 0.4) is 0 Å². The lowest BCUT2D eigenvalue weighted by Gasteiger charge is -2.10. The van der Waals surface area contributed by atoms with Gasteiger partial charge in [-0.3, -0.25) is 4.79 Å². The van der Waals surface area contributed by atoms with Crippen molar-refractivity contribution in [3.05, 3.63) is 35.9 Å². The van der Waals surface area contributed by atoms with Crippen molar-refractivity contribution in [2.75, 3.05) is 24.9 Å². The summed E-state index contributed by atoms with van der Waals surface area (Å²) in [6.45, 7) is 4.01. The Balaban J connectivity index is 2.12. The second-order valence-electron chi connectivity index (χ2n) is 5.16. The number of ether oxygens (including phenoxy) is 2. The Morgan fingerprint density at radius 1 is 1.00 bits per heavy atom. The van der Waals surface area contributed by atoms with E-state index in [0.29, 0.717) is 28.7 Å². The zero-order chi connectivity index (χ0) is 16.8. The minimum atomic E-state index is -0.318. The van der Waals surface area contributed by atoms with Crippen LogP contribution in [0, 0.1) is 0 Å². The van der Waals surface area contributed by atoms with Crippen LogP contribution < -0.4 is 20.1 Å². The molecule has 1 aromatic heterocycles. The predicted octanol–water partition coefficient (Wildman–Crippen LogP) is 2.57. The van der Waals surface area contributed by atoms with Crippen molar-refractivity contribution in [1.29, 1.82) is 0 Å². The summed E-state index contributed by atoms with van der Waals surface area (Å²) < 4.78 is 10.3. The van der Waals surface area contributed by atoms with Gasteiger partial charge < -0.3 is 20.1 Å². The quantitative estimate of drug-likeness (QED) is 0.852. The summed E-state index contributed by atoms with van der Waals surface area (Å²) >= 11 is 0. The van der Waals surface area contributed by atoms with Crippen LogP contribution in [0.4, 0.5) is 11.6 Å². The number of methoxy groups -OCH3 is 2. The van der Waals surface area contributed by atoms with Gasteiger partial charge in [-0.05, 0) is 38.1 Å². The molecule has 2 N–H and O–H groups in total. The maximum absolute atomic E-state index is 12.3. The number of hydrogen-bond donors (Lipinski definition) is 2. The molecule has 0 saturated carbocycles. The Morgan fingerprint density at radius 3 is 2.04 bits per heavy atom. The van der Waals surface area contributed by atoms with Gasteiger partial charge in [0.25, 0.3) is 5.91 Å². The van der Waals surface area contributed by atoms with Crippen molar-refractivity contribution in [1.82, 2.24) is 10.2 Å². The van der Waals surface area contributed by atoms with E-state index in [-0.39, 0.29) is 11.9 Å². The number of carbonyl (C=O) groups excluding carboxylic acids is 1. The first kappa shape index (κ1) is 16.5. The number of carbonyl (C=O) groups is 1. The van der Waals surface area contributed by atoms with Crippen LogP contribution in [-0.2, 0) is 0 Å². The molecule has 0 radical (unpaired) electrons. The van der Waals surface area contributed by atoms with Crippen molar-refractivity contribution < 1.29 is 14.3 Å². The summed E-state index contributed by atoms with van der Waals surface area (Å²) in [5, 5.41) is 13.8. The average molecular weight is 316 g/mol. The van der Waals surface area contributed by atoms with E-state index in [2.05, 4.69) is 20.8 Å². The number of benzene rings is 1. The minimum absolute atomic E-state index is 0.258. The topological polar surface area (TPSA) is 85.4 Å². The summed E-state index contributed by atoms with van der Waals surface area (Å²) in [6, 6.07) is 8.65. The third-order valence-electron chi connectivity index (χ3n) is 2.96. The van der Waals surface area contributed by atoms with Crippen LogP contribution in [0.2, 0.25) is 0 Å². The third-order valence-corrected chi connectivity index (χ3v) is 2.96. The fourth-order valence-corrected chi connectivity index (χ4v) is 1.90. The highest BCUT2D eigenvalue weighted by molar-refractivity contribution is 6.04. The summed E-state index contributed by atoms with van der Waals surface area (Å²) in [4.78, 5) is 12.3. The van der Waals surface area contributed by atoms with Crippen molar-refractivity contribution in [2.45, 2.75) is 19.9 Å². The van der Waals surface area contributed by atoms with Gasteiger partial charge in [-0.2, -0.15) is 0 Å². The Kier molecular flexibility index (Phi) is 5.35. The molecule has 7 nitrogen and oxygen atoms in total. The standard InChI is InChI=1S/C16H20N4O3/c1-10(2)17-14-5-6-15(20-19-14)18-16(21)11-7-12(22-3)9-13(8-11)23-4/h5-10H,1-4H3,(H,17,19)(H,18,20,21). The number of nitrogens with zero attached hydrogens (tertiary/aromatic N) is 2. The molecule has 2 aromatic rings. The van der Waals surface area contributed by atoms with Gasteiger partial charge in [-0.25, -0.2) is 0 Å². The van der Waals surface area contributed by atoms with Crippen LogP contribution in [-0.4, -0.2) is 36.4 Å². The molecular weight excluding hydrogens is 296 g/mol. The van der Waals surface area contributed by atoms with Gasteiger partial charge in [0.15, 0.2) is 5.82 Å². The second kappa shape index (κ2) is 7.44. The summed E-state index contributed by atoms with van der Waals surface area (Å²) in [6.07, 6.45) is 0. The summed E-state index contributed by atoms with van der Waals surface area (Å²) in [7, 11) is 3.06. The summed E-state index contributed by atoms with van der Waals surface area (Å²) in [5.41, 5.74) is 0.410. The van der Waals surface area contributed by atoms with Crippen molar-refractivity contribution in [2.24, 2.45) is 0 Å². The molecule has 0 aliphatic heterocycles. The molecular formula is C16H20N4O3. The predicted molar refractivity (Wildman–Crippen MR) is 88.3 cm³/mol. The molecule has 1 amide bonds. The van der Waals surface area contributed by atoms with Gasteiger partial charge in [0, 0.05) is 17.7 Å². The van der Waals surface area contributed by atoms with E-state index in [1.54, 1.807) is 30.3 Å². The van der Waals surface area contributed by atoms with Crippen molar-refractivity contribution >= 4 is 17.5 Å². The first-order valence-electron chi connectivity index (χ1n) is 7.16. The number of hydrogen-bond acceptors (Lipinski definition) is 6. The van der Waals surface area contributed by atoms with Crippen molar-refractivity contribution in [3.63, 3.8) is 0 Å². The first-order valence-corrected chi connectivity index (χ1v) is 7.16. The molecule has 7 heteroatoms. The molecule has 0 unspecified atom stereocenters. The van der Waals surface area contributed by atoms with E-state index in [0.717, 1.165) is 0 Å². The van der Waals surface area contributed by atoms with E-state index in [9.17, 15) is 4.79 Å². The lowest BCUT2D eigenvalue weighted by atomic mass is 10.2. The Bertz CT molecular complexity index is 649. The van der Waals surface area contributed by atoms with Gasteiger partial charge in [0.2, 0.25) is 0 Å². The van der Waals surface area contributed by atoms with E-state index in [1.165, 1.54) is 14.2 Å². The maximum atomic E-state index is 12.3. The molecule has 2 rings (SSSR count). The highest BCUT2D eigenvalue weighted by Gasteiger charge is 2.11. The smallest absolute Gasteiger partial charge is 0.257 e. The van der Waals surface area contributed by atoms with Gasteiger partial charge >= 0.3 is 0 Å². The number of nitrogens with one attached hydrogen (secondary N) is 2. The molecule has 0 aliphatic carbocycles. The van der Waals surface area contributed by atoms with E-state index >= 15 is 0 Å². The molecule has 1 aromatic carbocycles. The third kappa shape index (κ3) is 4.57. The highest BCUT2D eigenvalue weighted by atomic mass is 16.5. The Labute approximate surface area is 135 Å². The molecule has 0 saturated heterocycles. The SMILES string of the molecule is COc1cc(OC)cc(C(=O)Nc2ccc(NC(C)C)nn2)c1. The molecule has 0 atom stereocenters. The van der Waals surface area contributed by atoms with Crippen LogP contribution in [0.5, 0.6) is 11.5 Å². The zero-order valence-corrected chi connectivity index (χ0v) is 13.6.